The van der Waals surface area contributed by atoms with Gasteiger partial charge in [0.05, 0.1) is 11.5 Å². The Bertz CT molecular complexity index is 781. The molecule has 0 aliphatic heterocycles. The number of non-ortho nitro benzene ring substituents is 1. The normalized spacial score (nSPS) is 10.9. The molecule has 1 amide bonds. The lowest BCUT2D eigenvalue weighted by molar-refractivity contribution is -0.384. The van der Waals surface area contributed by atoms with Crippen LogP contribution in [0.3, 0.4) is 0 Å². The number of nitro groups is 1. The number of carbonyl (C=O) groups excluding carboxylic acids is 1. The first-order valence-corrected chi connectivity index (χ1v) is 7.58. The second-order valence-corrected chi connectivity index (χ2v) is 5.24. The van der Waals surface area contributed by atoms with Crippen LogP contribution in [0.5, 0.6) is 0 Å². The molecule has 0 saturated heterocycles. The first-order valence-electron chi connectivity index (χ1n) is 7.58. The third-order valence-electron chi connectivity index (χ3n) is 3.25. The molecule has 0 spiro atoms. The van der Waals surface area contributed by atoms with Crippen molar-refractivity contribution < 1.29 is 9.72 Å². The molecular weight excluding hydrogens is 320 g/mol. The lowest BCUT2D eigenvalue weighted by Gasteiger charge is -2.05. The second-order valence-electron chi connectivity index (χ2n) is 5.24. The van der Waals surface area contributed by atoms with Crippen LogP contribution in [0.15, 0.2) is 59.7 Å². The van der Waals surface area contributed by atoms with Gasteiger partial charge in [-0.25, -0.2) is 5.43 Å². The van der Waals surface area contributed by atoms with Gasteiger partial charge in [-0.3, -0.25) is 14.9 Å². The van der Waals surface area contributed by atoms with Gasteiger partial charge in [0.25, 0.3) is 11.6 Å². The molecule has 0 heterocycles. The van der Waals surface area contributed by atoms with E-state index in [2.05, 4.69) is 15.8 Å². The van der Waals surface area contributed by atoms with Gasteiger partial charge in [-0.1, -0.05) is 23.8 Å². The number of aryl methyl sites for hydroxylation is 1. The molecule has 0 aliphatic carbocycles. The lowest BCUT2D eigenvalue weighted by Crippen LogP contribution is -2.25. The summed E-state index contributed by atoms with van der Waals surface area (Å²) in [6.45, 7) is 2.11. The van der Waals surface area contributed by atoms with Crippen molar-refractivity contribution in [2.45, 2.75) is 6.92 Å². The summed E-state index contributed by atoms with van der Waals surface area (Å²) in [5.74, 6) is -0.263. The molecule has 0 bridgehead atoms. The molecule has 0 aromatic heterocycles. The van der Waals surface area contributed by atoms with Crippen molar-refractivity contribution in [3.8, 4) is 0 Å². The predicted molar refractivity (Wildman–Crippen MR) is 98.4 cm³/mol. The van der Waals surface area contributed by atoms with Crippen LogP contribution in [0.1, 0.15) is 11.1 Å². The maximum Gasteiger partial charge on any atom is 0.269 e. The van der Waals surface area contributed by atoms with E-state index in [1.54, 1.807) is 24.3 Å². The van der Waals surface area contributed by atoms with Gasteiger partial charge >= 0.3 is 0 Å². The molecule has 128 valence electrons. The zero-order valence-corrected chi connectivity index (χ0v) is 13.7. The molecule has 2 aromatic rings. The number of hydrogen-bond donors (Lipinski definition) is 2. The van der Waals surface area contributed by atoms with Crippen LogP contribution in [0.25, 0.3) is 6.08 Å². The Morgan fingerprint density at radius 1 is 1.16 bits per heavy atom. The van der Waals surface area contributed by atoms with Crippen molar-refractivity contribution >= 4 is 29.6 Å². The van der Waals surface area contributed by atoms with E-state index in [0.29, 0.717) is 0 Å². The maximum absolute atomic E-state index is 11.6. The monoisotopic (exact) mass is 338 g/mol. The Balaban J connectivity index is 1.73. The molecule has 0 atom stereocenters. The Labute approximate surface area is 145 Å². The second kappa shape index (κ2) is 8.97. The van der Waals surface area contributed by atoms with Gasteiger partial charge < -0.3 is 5.32 Å². The van der Waals surface area contributed by atoms with Crippen molar-refractivity contribution in [1.82, 2.24) is 5.43 Å². The van der Waals surface area contributed by atoms with Gasteiger partial charge in [0, 0.05) is 24.0 Å². The van der Waals surface area contributed by atoms with E-state index in [1.165, 1.54) is 18.3 Å². The van der Waals surface area contributed by atoms with Crippen molar-refractivity contribution in [1.29, 1.82) is 0 Å². The zero-order chi connectivity index (χ0) is 18.1. The van der Waals surface area contributed by atoms with Crippen LogP contribution in [-0.4, -0.2) is 23.6 Å². The summed E-state index contributed by atoms with van der Waals surface area (Å²) in [5, 5.41) is 17.3. The third-order valence-corrected chi connectivity index (χ3v) is 3.25. The van der Waals surface area contributed by atoms with Crippen molar-refractivity contribution in [2.24, 2.45) is 5.10 Å². The molecule has 2 N–H and O–H groups in total. The van der Waals surface area contributed by atoms with E-state index in [0.717, 1.165) is 16.8 Å². The third kappa shape index (κ3) is 6.26. The van der Waals surface area contributed by atoms with Crippen LogP contribution in [0.2, 0.25) is 0 Å². The van der Waals surface area contributed by atoms with Gasteiger partial charge in [0.1, 0.15) is 0 Å². The average Bonchev–Trinajstić information content (AvgIpc) is 2.61. The van der Waals surface area contributed by atoms with E-state index >= 15 is 0 Å². The predicted octanol–water partition coefficient (Wildman–Crippen LogP) is 3.13. The number of hydrazone groups is 1. The minimum Gasteiger partial charge on any atom is -0.376 e. The van der Waals surface area contributed by atoms with Crippen LogP contribution in [0, 0.1) is 17.0 Å². The number of amides is 1. The van der Waals surface area contributed by atoms with Crippen LogP contribution in [0.4, 0.5) is 11.4 Å². The minimum atomic E-state index is -0.449. The van der Waals surface area contributed by atoms with E-state index in [1.807, 2.05) is 31.2 Å². The number of nitrogens with zero attached hydrogens (tertiary/aromatic N) is 2. The number of nitrogens with one attached hydrogen (secondary N) is 2. The van der Waals surface area contributed by atoms with Crippen LogP contribution >= 0.6 is 0 Å². The largest absolute Gasteiger partial charge is 0.376 e. The van der Waals surface area contributed by atoms with Gasteiger partial charge in [0.15, 0.2) is 0 Å². The molecule has 0 saturated carbocycles. The number of anilines is 1. The van der Waals surface area contributed by atoms with E-state index < -0.39 is 4.92 Å². The first-order chi connectivity index (χ1) is 12.0. The fraction of sp³-hybridized carbons (Fsp3) is 0.111. The van der Waals surface area contributed by atoms with E-state index in [9.17, 15) is 14.9 Å². The smallest absolute Gasteiger partial charge is 0.269 e. The number of nitro benzene ring substituents is 1. The number of allylic oxidation sites excluding steroid dienone is 1. The summed E-state index contributed by atoms with van der Waals surface area (Å²) >= 11 is 0. The number of rotatable bonds is 7. The Kier molecular flexibility index (Phi) is 6.41. The highest BCUT2D eigenvalue weighted by Crippen LogP contribution is 2.12. The molecule has 7 heteroatoms. The van der Waals surface area contributed by atoms with Crippen molar-refractivity contribution in [2.75, 3.05) is 11.9 Å². The molecule has 2 rings (SSSR count). The summed E-state index contributed by atoms with van der Waals surface area (Å²) in [5.41, 5.74) is 5.25. The Morgan fingerprint density at radius 3 is 2.48 bits per heavy atom. The fourth-order valence-corrected chi connectivity index (χ4v) is 1.91. The first kappa shape index (κ1) is 17.9. The van der Waals surface area contributed by atoms with Crippen LogP contribution < -0.4 is 10.7 Å². The van der Waals surface area contributed by atoms with Crippen molar-refractivity contribution in [3.63, 3.8) is 0 Å². The molecule has 0 unspecified atom stereocenters. The number of benzene rings is 2. The highest BCUT2D eigenvalue weighted by atomic mass is 16.6. The zero-order valence-electron chi connectivity index (χ0n) is 13.7. The molecule has 0 radical (unpaired) electrons. The van der Waals surface area contributed by atoms with Gasteiger partial charge in [-0.15, -0.1) is 0 Å². The Morgan fingerprint density at radius 2 is 1.84 bits per heavy atom. The lowest BCUT2D eigenvalue weighted by atomic mass is 10.2. The number of hydrogen-bond acceptors (Lipinski definition) is 5. The minimum absolute atomic E-state index is 0.0409. The Hall–Kier alpha value is -3.48. The quantitative estimate of drug-likeness (QED) is 0.460. The molecule has 7 nitrogen and oxygen atoms in total. The number of carbonyl (C=O) groups is 1. The molecule has 2 aromatic carbocycles. The van der Waals surface area contributed by atoms with Gasteiger partial charge in [-0.05, 0) is 42.8 Å². The summed E-state index contributed by atoms with van der Waals surface area (Å²) < 4.78 is 0. The van der Waals surface area contributed by atoms with E-state index in [4.69, 9.17) is 0 Å². The standard InChI is InChI=1S/C18H18N4O3/c1-14-4-8-16(9-5-14)19-13-18(23)21-20-12-2-3-15-6-10-17(11-7-15)22(24)25/h2-12,19H,13H2,1H3,(H,21,23)/b3-2+,20-12-. The molecule has 0 aliphatic rings. The topological polar surface area (TPSA) is 96.6 Å². The van der Waals surface area contributed by atoms with Crippen molar-refractivity contribution in [3.05, 3.63) is 75.8 Å². The summed E-state index contributed by atoms with van der Waals surface area (Å²) in [4.78, 5) is 21.7. The maximum atomic E-state index is 11.6. The SMILES string of the molecule is Cc1ccc(NCC(=O)N/N=C\C=C\c2ccc([N+](=O)[O-])cc2)cc1. The summed E-state index contributed by atoms with van der Waals surface area (Å²) in [6.07, 6.45) is 4.80. The molecule has 0 fully saturated rings. The average molecular weight is 338 g/mol. The van der Waals surface area contributed by atoms with Gasteiger partial charge in [0.2, 0.25) is 0 Å². The summed E-state index contributed by atoms with van der Waals surface area (Å²) in [7, 11) is 0. The molecular formula is C18H18N4O3. The fourth-order valence-electron chi connectivity index (χ4n) is 1.91. The summed E-state index contributed by atoms with van der Waals surface area (Å²) in [6, 6.07) is 13.8. The highest BCUT2D eigenvalue weighted by Gasteiger charge is 2.02. The van der Waals surface area contributed by atoms with E-state index in [-0.39, 0.29) is 18.1 Å². The van der Waals surface area contributed by atoms with Gasteiger partial charge in [-0.2, -0.15) is 5.10 Å². The molecule has 25 heavy (non-hydrogen) atoms. The van der Waals surface area contributed by atoms with Crippen LogP contribution in [-0.2, 0) is 4.79 Å². The highest BCUT2D eigenvalue weighted by molar-refractivity contribution is 5.83.